The van der Waals surface area contributed by atoms with Gasteiger partial charge in [0.25, 0.3) is 5.69 Å². The second-order valence-corrected chi connectivity index (χ2v) is 3.93. The van der Waals surface area contributed by atoms with E-state index in [0.29, 0.717) is 5.69 Å². The minimum atomic E-state index is -0.348. The van der Waals surface area contributed by atoms with Gasteiger partial charge in [-0.05, 0) is 18.4 Å². The summed E-state index contributed by atoms with van der Waals surface area (Å²) < 4.78 is 0. The van der Waals surface area contributed by atoms with Crippen LogP contribution in [0.15, 0.2) is 24.3 Å². The van der Waals surface area contributed by atoms with Crippen LogP contribution in [0.4, 0.5) is 11.4 Å². The highest BCUT2D eigenvalue weighted by molar-refractivity contribution is 5.60. The van der Waals surface area contributed by atoms with E-state index in [-0.39, 0.29) is 10.6 Å². The molecule has 1 aliphatic carbocycles. The van der Waals surface area contributed by atoms with Gasteiger partial charge in [-0.15, -0.1) is 0 Å². The summed E-state index contributed by atoms with van der Waals surface area (Å²) in [4.78, 5) is 10.3. The molecule has 1 aromatic carbocycles. The van der Waals surface area contributed by atoms with Crippen LogP contribution >= 0.6 is 0 Å². The molecule has 2 rings (SSSR count). The maximum atomic E-state index is 10.7. The van der Waals surface area contributed by atoms with Gasteiger partial charge in [-0.1, -0.05) is 25.0 Å². The molecular formula is C11H14N2O2. The summed E-state index contributed by atoms with van der Waals surface area (Å²) in [7, 11) is 0. The molecule has 1 aromatic rings. The zero-order chi connectivity index (χ0) is 10.7. The molecule has 0 aliphatic heterocycles. The summed E-state index contributed by atoms with van der Waals surface area (Å²) in [5.41, 5.74) is 0.788. The lowest BCUT2D eigenvalue weighted by molar-refractivity contribution is -0.384. The van der Waals surface area contributed by atoms with Gasteiger partial charge in [0, 0.05) is 12.6 Å². The Hall–Kier alpha value is -1.58. The maximum absolute atomic E-state index is 10.7. The number of hydrogen-bond donors (Lipinski definition) is 1. The third-order valence-corrected chi connectivity index (χ3v) is 2.67. The van der Waals surface area contributed by atoms with Crippen LogP contribution in [0.3, 0.4) is 0 Å². The molecule has 0 atom stereocenters. The minimum Gasteiger partial charge on any atom is -0.379 e. The molecule has 0 saturated heterocycles. The van der Waals surface area contributed by atoms with Gasteiger partial charge < -0.3 is 5.32 Å². The fourth-order valence-corrected chi connectivity index (χ4v) is 1.60. The van der Waals surface area contributed by atoms with Crippen molar-refractivity contribution in [1.82, 2.24) is 0 Å². The Balaban J connectivity index is 1.95. The van der Waals surface area contributed by atoms with Gasteiger partial charge in [0.15, 0.2) is 0 Å². The number of hydrogen-bond acceptors (Lipinski definition) is 3. The molecule has 1 saturated carbocycles. The number of rotatable bonds is 5. The fourth-order valence-electron chi connectivity index (χ4n) is 1.60. The third kappa shape index (κ3) is 2.68. The quantitative estimate of drug-likeness (QED) is 0.595. The van der Waals surface area contributed by atoms with E-state index >= 15 is 0 Å². The Morgan fingerprint density at radius 2 is 2.13 bits per heavy atom. The molecule has 0 aromatic heterocycles. The maximum Gasteiger partial charge on any atom is 0.292 e. The molecule has 0 bridgehead atoms. The molecule has 0 heterocycles. The van der Waals surface area contributed by atoms with Crippen molar-refractivity contribution < 1.29 is 4.92 Å². The van der Waals surface area contributed by atoms with Crippen molar-refractivity contribution >= 4 is 11.4 Å². The first-order chi connectivity index (χ1) is 7.27. The smallest absolute Gasteiger partial charge is 0.292 e. The summed E-state index contributed by atoms with van der Waals surface area (Å²) in [6.45, 7) is 0.829. The number of nitrogens with one attached hydrogen (secondary N) is 1. The lowest BCUT2D eigenvalue weighted by atomic mass is 10.2. The molecular weight excluding hydrogens is 192 g/mol. The lowest BCUT2D eigenvalue weighted by Crippen LogP contribution is -2.04. The highest BCUT2D eigenvalue weighted by Crippen LogP contribution is 2.32. The standard InChI is InChI=1S/C11H14N2O2/c14-13(15)11-4-2-1-3-10(11)12-8-7-9-5-6-9/h1-4,9,12H,5-8H2. The number of nitro groups is 1. The summed E-state index contributed by atoms with van der Waals surface area (Å²) in [6.07, 6.45) is 3.75. The van der Waals surface area contributed by atoms with Gasteiger partial charge in [-0.2, -0.15) is 0 Å². The SMILES string of the molecule is O=[N+]([O-])c1ccccc1NCCC1CC1. The largest absolute Gasteiger partial charge is 0.379 e. The molecule has 1 N–H and O–H groups in total. The molecule has 15 heavy (non-hydrogen) atoms. The summed E-state index contributed by atoms with van der Waals surface area (Å²) >= 11 is 0. The Labute approximate surface area is 88.5 Å². The first kappa shape index (κ1) is 9.96. The van der Waals surface area contributed by atoms with Gasteiger partial charge in [0.05, 0.1) is 4.92 Å². The number of para-hydroxylation sites is 2. The van der Waals surface area contributed by atoms with E-state index in [0.717, 1.165) is 18.9 Å². The first-order valence-corrected chi connectivity index (χ1v) is 5.24. The third-order valence-electron chi connectivity index (χ3n) is 2.67. The van der Waals surface area contributed by atoms with Crippen molar-refractivity contribution in [1.29, 1.82) is 0 Å². The Bertz CT molecular complexity index is 361. The summed E-state index contributed by atoms with van der Waals surface area (Å²) in [6, 6.07) is 6.78. The second-order valence-electron chi connectivity index (χ2n) is 3.93. The van der Waals surface area contributed by atoms with Crippen LogP contribution in [0.2, 0.25) is 0 Å². The molecule has 4 nitrogen and oxygen atoms in total. The van der Waals surface area contributed by atoms with Crippen LogP contribution in [-0.4, -0.2) is 11.5 Å². The van der Waals surface area contributed by atoms with Crippen LogP contribution in [0.1, 0.15) is 19.3 Å². The van der Waals surface area contributed by atoms with Crippen molar-refractivity contribution in [2.24, 2.45) is 5.92 Å². The van der Waals surface area contributed by atoms with E-state index in [1.165, 1.54) is 18.9 Å². The van der Waals surface area contributed by atoms with Crippen molar-refractivity contribution in [3.05, 3.63) is 34.4 Å². The van der Waals surface area contributed by atoms with Gasteiger partial charge in [-0.25, -0.2) is 0 Å². The van der Waals surface area contributed by atoms with E-state index in [2.05, 4.69) is 5.32 Å². The van der Waals surface area contributed by atoms with Crippen LogP contribution in [0, 0.1) is 16.0 Å². The summed E-state index contributed by atoms with van der Waals surface area (Å²) in [5, 5.41) is 13.8. The Morgan fingerprint density at radius 3 is 2.80 bits per heavy atom. The molecule has 0 unspecified atom stereocenters. The van der Waals surface area contributed by atoms with Gasteiger partial charge >= 0.3 is 0 Å². The van der Waals surface area contributed by atoms with E-state index in [1.807, 2.05) is 6.07 Å². The number of nitrogens with zero attached hydrogens (tertiary/aromatic N) is 1. The highest BCUT2D eigenvalue weighted by Gasteiger charge is 2.20. The van der Waals surface area contributed by atoms with Crippen molar-refractivity contribution in [3.8, 4) is 0 Å². The van der Waals surface area contributed by atoms with Crippen molar-refractivity contribution in [2.75, 3.05) is 11.9 Å². The Morgan fingerprint density at radius 1 is 1.40 bits per heavy atom. The predicted octanol–water partition coefficient (Wildman–Crippen LogP) is 2.81. The summed E-state index contributed by atoms with van der Waals surface area (Å²) in [5.74, 6) is 0.847. The van der Waals surface area contributed by atoms with E-state index in [9.17, 15) is 10.1 Å². The topological polar surface area (TPSA) is 55.2 Å². The fraction of sp³-hybridized carbons (Fsp3) is 0.455. The molecule has 80 valence electrons. The molecule has 0 spiro atoms. The van der Waals surface area contributed by atoms with E-state index in [1.54, 1.807) is 12.1 Å². The molecule has 0 radical (unpaired) electrons. The van der Waals surface area contributed by atoms with Gasteiger partial charge in [0.2, 0.25) is 0 Å². The van der Waals surface area contributed by atoms with Gasteiger partial charge in [0.1, 0.15) is 5.69 Å². The highest BCUT2D eigenvalue weighted by atomic mass is 16.6. The number of nitro benzene ring substituents is 1. The monoisotopic (exact) mass is 206 g/mol. The number of benzene rings is 1. The molecule has 4 heteroatoms. The molecule has 1 aliphatic rings. The zero-order valence-corrected chi connectivity index (χ0v) is 8.48. The predicted molar refractivity (Wildman–Crippen MR) is 58.9 cm³/mol. The second kappa shape index (κ2) is 4.29. The van der Waals surface area contributed by atoms with E-state index < -0.39 is 0 Å². The minimum absolute atomic E-state index is 0.160. The van der Waals surface area contributed by atoms with Gasteiger partial charge in [-0.3, -0.25) is 10.1 Å². The van der Waals surface area contributed by atoms with Crippen LogP contribution in [-0.2, 0) is 0 Å². The van der Waals surface area contributed by atoms with Crippen molar-refractivity contribution in [2.45, 2.75) is 19.3 Å². The first-order valence-electron chi connectivity index (χ1n) is 5.24. The average molecular weight is 206 g/mol. The van der Waals surface area contributed by atoms with Crippen LogP contribution in [0.25, 0.3) is 0 Å². The molecule has 0 amide bonds. The number of anilines is 1. The van der Waals surface area contributed by atoms with Crippen LogP contribution < -0.4 is 5.32 Å². The van der Waals surface area contributed by atoms with E-state index in [4.69, 9.17) is 0 Å². The van der Waals surface area contributed by atoms with Crippen LogP contribution in [0.5, 0.6) is 0 Å². The molecule has 1 fully saturated rings. The average Bonchev–Trinajstić information content (AvgIpc) is 3.02. The lowest BCUT2D eigenvalue weighted by Gasteiger charge is -2.05. The van der Waals surface area contributed by atoms with Crippen molar-refractivity contribution in [3.63, 3.8) is 0 Å². The Kier molecular flexibility index (Phi) is 2.85. The normalized spacial score (nSPS) is 14.9. The zero-order valence-electron chi connectivity index (χ0n) is 8.48.